The molecule has 0 spiro atoms. The van der Waals surface area contributed by atoms with E-state index in [4.69, 9.17) is 18.9 Å². The maximum Gasteiger partial charge on any atom is 0.328 e. The number of nitrogens with zero attached hydrogens (tertiary/aromatic N) is 8. The maximum absolute atomic E-state index is 14.5. The molecule has 4 atom stereocenters. The summed E-state index contributed by atoms with van der Waals surface area (Å²) in [6.07, 6.45) is 7.47. The SMILES string of the molecule is CCCOc1cc(OCCCCN(C)C)cc(Oc2cc3c(cc2NS(=O)(=O)c2cccc(C(=O)N[C@H]4C[C@H](Oc5cc(-c6cnn(C(C(=O)N7C[C@H](O)C[C@H]7C(=O)N[C@@H](C)c7ccc(-c8scnc8C)cc7)C(C)C)c6)ccn5)C4)c2)n(C)c(=O)n3C)c1. The van der Waals surface area contributed by atoms with Crippen LogP contribution in [0, 0.1) is 12.8 Å². The van der Waals surface area contributed by atoms with Crippen molar-refractivity contribution in [3.63, 3.8) is 0 Å². The van der Waals surface area contributed by atoms with Crippen molar-refractivity contribution in [1.82, 2.24) is 49.3 Å². The largest absolute Gasteiger partial charge is 0.493 e. The molecule has 4 aromatic heterocycles. The zero-order valence-electron chi connectivity index (χ0n) is 51.5. The van der Waals surface area contributed by atoms with Gasteiger partial charge in [-0.2, -0.15) is 5.10 Å². The van der Waals surface area contributed by atoms with Crippen LogP contribution in [0.15, 0.2) is 125 Å². The zero-order chi connectivity index (χ0) is 63.3. The highest BCUT2D eigenvalue weighted by atomic mass is 32.2. The van der Waals surface area contributed by atoms with E-state index in [0.29, 0.717) is 65.8 Å². The number of aryl methyl sites for hydroxylation is 3. The lowest BCUT2D eigenvalue weighted by molar-refractivity contribution is -0.142. The van der Waals surface area contributed by atoms with Crippen LogP contribution in [-0.2, 0) is 33.7 Å². The predicted octanol–water partition coefficient (Wildman–Crippen LogP) is 9.05. The number of rotatable bonds is 26. The van der Waals surface area contributed by atoms with E-state index in [1.165, 1.54) is 38.3 Å². The summed E-state index contributed by atoms with van der Waals surface area (Å²) in [4.78, 5) is 68.5. The van der Waals surface area contributed by atoms with Gasteiger partial charge >= 0.3 is 5.69 Å². The minimum Gasteiger partial charge on any atom is -0.493 e. The van der Waals surface area contributed by atoms with Gasteiger partial charge in [0.05, 0.1) is 69.3 Å². The summed E-state index contributed by atoms with van der Waals surface area (Å²) in [5.41, 5.74) is 6.97. The van der Waals surface area contributed by atoms with E-state index in [1.807, 2.05) is 84.6 Å². The van der Waals surface area contributed by atoms with Crippen molar-refractivity contribution in [2.45, 2.75) is 114 Å². The summed E-state index contributed by atoms with van der Waals surface area (Å²) >= 11 is 1.57. The number of carbonyl (C=O) groups excluding carboxylic acids is 3. The van der Waals surface area contributed by atoms with Crippen LogP contribution in [0.4, 0.5) is 5.69 Å². The smallest absolute Gasteiger partial charge is 0.328 e. The summed E-state index contributed by atoms with van der Waals surface area (Å²) in [5.74, 6) is 0.425. The third kappa shape index (κ3) is 14.8. The Morgan fingerprint density at radius 1 is 0.843 bits per heavy atom. The second-order valence-electron chi connectivity index (χ2n) is 23.5. The summed E-state index contributed by atoms with van der Waals surface area (Å²) in [6.45, 7) is 11.5. The molecule has 2 fully saturated rings. The van der Waals surface area contributed by atoms with Crippen LogP contribution in [-0.4, -0.2) is 135 Å². The molecule has 3 amide bonds. The van der Waals surface area contributed by atoms with Gasteiger partial charge in [-0.05, 0) is 107 Å². The number of β-amino-alcohol motifs (C(OH)–C–C–N with tert-alkyl or cyclic N) is 1. The number of pyridine rings is 1. The van der Waals surface area contributed by atoms with Crippen LogP contribution in [0.25, 0.3) is 32.6 Å². The number of nitrogens with one attached hydrogen (secondary N) is 3. The standard InChI is InChI=1S/C65H77N11O11S2/c1-10-23-84-49-30-50(85-24-12-11-22-72(6)7)32-52(31-49)86-58-34-56-55(73(8)65(81)74(56)9)33-54(58)71-89(82,83)53-15-13-14-45(25-53)62(78)70-47-27-51(28-47)87-59-26-44(20-21-66-59)46-35-68-76(36-46)60(39(2)3)64(80)75-37-48(77)29-57(75)63(79)69-40(4)42-16-18-43(19-17-42)61-41(5)67-38-88-61/h13-21,25-26,30-36,38-40,47-48,51,57,60,71,77H,10-12,22-24,27-29,37H2,1-9H3,(H,69,79)(H,70,78)/t40-,47-,48+,51-,57-,60?/m0/s1. The van der Waals surface area contributed by atoms with Gasteiger partial charge in [0, 0.05) is 99.8 Å². The average Bonchev–Trinajstić information content (AvgIpc) is 1.79. The molecule has 24 heteroatoms. The quantitative estimate of drug-likeness (QED) is 0.0369. The molecule has 1 saturated carbocycles. The van der Waals surface area contributed by atoms with E-state index in [9.17, 15) is 32.7 Å². The number of benzene rings is 4. The minimum atomic E-state index is -4.38. The first-order chi connectivity index (χ1) is 42.6. The van der Waals surface area contributed by atoms with E-state index in [0.717, 1.165) is 53.1 Å². The second-order valence-corrected chi connectivity index (χ2v) is 26.0. The molecule has 0 radical (unpaired) electrons. The van der Waals surface area contributed by atoms with Gasteiger partial charge in [-0.3, -0.25) is 32.9 Å². The number of fused-ring (bicyclic) bond motifs is 1. The zero-order valence-corrected chi connectivity index (χ0v) is 53.1. The number of aliphatic hydroxyl groups is 1. The van der Waals surface area contributed by atoms with E-state index >= 15 is 0 Å². The van der Waals surface area contributed by atoms with E-state index in [1.54, 1.807) is 85.1 Å². The molecular formula is C65H77N11O11S2. The molecule has 5 heterocycles. The molecule has 1 unspecified atom stereocenters. The molecule has 1 aliphatic heterocycles. The Bertz CT molecular complexity index is 4020. The Labute approximate surface area is 521 Å². The fraction of sp³-hybridized carbons (Fsp3) is 0.400. The van der Waals surface area contributed by atoms with E-state index in [-0.39, 0.29) is 76.5 Å². The van der Waals surface area contributed by atoms with E-state index < -0.39 is 34.1 Å². The lowest BCUT2D eigenvalue weighted by Crippen LogP contribution is -2.49. The van der Waals surface area contributed by atoms with Crippen molar-refractivity contribution in [3.05, 3.63) is 142 Å². The summed E-state index contributed by atoms with van der Waals surface area (Å²) in [7, 11) is 2.89. The van der Waals surface area contributed by atoms with Crippen LogP contribution in [0.5, 0.6) is 28.9 Å². The lowest BCUT2D eigenvalue weighted by atomic mass is 9.89. The van der Waals surface area contributed by atoms with Crippen LogP contribution in [0.1, 0.15) is 99.9 Å². The third-order valence-electron chi connectivity index (χ3n) is 16.0. The highest BCUT2D eigenvalue weighted by Crippen LogP contribution is 2.39. The number of unbranched alkanes of at least 4 members (excludes halogenated alkanes) is 1. The maximum atomic E-state index is 14.5. The number of anilines is 1. The molecule has 4 N–H and O–H groups in total. The van der Waals surface area contributed by atoms with Crippen LogP contribution >= 0.6 is 11.3 Å². The summed E-state index contributed by atoms with van der Waals surface area (Å²) in [5, 5.41) is 21.5. The van der Waals surface area contributed by atoms with Crippen molar-refractivity contribution < 1.29 is 46.9 Å². The summed E-state index contributed by atoms with van der Waals surface area (Å²) < 4.78 is 60.6. The number of imidazole rings is 1. The Morgan fingerprint density at radius 2 is 1.56 bits per heavy atom. The Hall–Kier alpha value is -8.58. The van der Waals surface area contributed by atoms with Gasteiger partial charge in [-0.1, -0.05) is 51.1 Å². The monoisotopic (exact) mass is 1250 g/mol. The van der Waals surface area contributed by atoms with Gasteiger partial charge in [0.15, 0.2) is 5.75 Å². The molecule has 2 aliphatic rings. The van der Waals surface area contributed by atoms with E-state index in [2.05, 4.69) is 35.3 Å². The Kier molecular flexibility index (Phi) is 19.6. The van der Waals surface area contributed by atoms with Crippen molar-refractivity contribution in [2.75, 3.05) is 45.1 Å². The number of thiazole rings is 1. The lowest BCUT2D eigenvalue weighted by Gasteiger charge is -2.35. The third-order valence-corrected chi connectivity index (χ3v) is 18.4. The van der Waals surface area contributed by atoms with Crippen LogP contribution in [0.2, 0.25) is 0 Å². The van der Waals surface area contributed by atoms with Crippen LogP contribution < -0.4 is 40.0 Å². The van der Waals surface area contributed by atoms with Gasteiger partial charge in [0.1, 0.15) is 35.4 Å². The molecule has 1 saturated heterocycles. The fourth-order valence-corrected chi connectivity index (χ4v) is 13.0. The van der Waals surface area contributed by atoms with Crippen molar-refractivity contribution in [3.8, 4) is 50.4 Å². The van der Waals surface area contributed by atoms with Gasteiger partial charge in [0.25, 0.3) is 15.9 Å². The number of aromatic nitrogens is 6. The highest BCUT2D eigenvalue weighted by Gasteiger charge is 2.43. The number of ether oxygens (including phenoxy) is 4. The molecule has 470 valence electrons. The van der Waals surface area contributed by atoms with Crippen molar-refractivity contribution in [1.29, 1.82) is 0 Å². The molecule has 10 rings (SSSR count). The normalized spacial score (nSPS) is 17.3. The number of hydrogen-bond donors (Lipinski definition) is 4. The predicted molar refractivity (Wildman–Crippen MR) is 340 cm³/mol. The number of aliphatic hydroxyl groups excluding tert-OH is 1. The number of amides is 3. The number of hydrogen-bond acceptors (Lipinski definition) is 16. The second kappa shape index (κ2) is 27.4. The molecule has 4 aromatic carbocycles. The van der Waals surface area contributed by atoms with Crippen LogP contribution in [0.3, 0.4) is 0 Å². The molecule has 89 heavy (non-hydrogen) atoms. The molecular weight excluding hydrogens is 1170 g/mol. The molecule has 1 aliphatic carbocycles. The topological polar surface area (TPSA) is 256 Å². The average molecular weight is 1250 g/mol. The van der Waals surface area contributed by atoms with Gasteiger partial charge in [-0.15, -0.1) is 11.3 Å². The Morgan fingerprint density at radius 3 is 2.26 bits per heavy atom. The number of carbonyl (C=O) groups is 3. The molecule has 8 aromatic rings. The van der Waals surface area contributed by atoms with Crippen molar-refractivity contribution >= 4 is 55.8 Å². The first-order valence-corrected chi connectivity index (χ1v) is 32.3. The van der Waals surface area contributed by atoms with Gasteiger partial charge < -0.3 is 44.5 Å². The Balaban J connectivity index is 0.758. The number of sulfonamides is 1. The van der Waals surface area contributed by atoms with Gasteiger partial charge in [-0.25, -0.2) is 23.2 Å². The molecule has 22 nitrogen and oxygen atoms in total. The minimum absolute atomic E-state index is 0.0122. The van der Waals surface area contributed by atoms with Crippen molar-refractivity contribution in [2.24, 2.45) is 20.0 Å². The number of likely N-dealkylation sites (tertiary alicyclic amines) is 1. The molecule has 0 bridgehead atoms. The first kappa shape index (κ1) is 63.4. The summed E-state index contributed by atoms with van der Waals surface area (Å²) in [6, 6.07) is 23.3. The fourth-order valence-electron chi connectivity index (χ4n) is 11.1. The van der Waals surface area contributed by atoms with Gasteiger partial charge in [0.2, 0.25) is 17.7 Å². The first-order valence-electron chi connectivity index (χ1n) is 30.0. The highest BCUT2D eigenvalue weighted by molar-refractivity contribution is 7.92.